The Bertz CT molecular complexity index is 487. The molecular formula is C15H18O2S. The maximum atomic E-state index is 10.1. The van der Waals surface area contributed by atoms with E-state index in [1.54, 1.807) is 18.4 Å². The minimum absolute atomic E-state index is 0.363. The molecule has 0 radical (unpaired) electrons. The van der Waals surface area contributed by atoms with Crippen LogP contribution in [0.25, 0.3) is 0 Å². The van der Waals surface area contributed by atoms with E-state index in [1.165, 1.54) is 10.4 Å². The molecule has 3 heteroatoms. The summed E-state index contributed by atoms with van der Waals surface area (Å²) in [5.41, 5.74) is 2.29. The molecule has 0 aliphatic heterocycles. The lowest BCUT2D eigenvalue weighted by Crippen LogP contribution is -1.99. The summed E-state index contributed by atoms with van der Waals surface area (Å²) >= 11 is 1.68. The zero-order valence-electron chi connectivity index (χ0n) is 10.7. The molecule has 1 aromatic carbocycles. The molecule has 0 spiro atoms. The first-order valence-corrected chi connectivity index (χ1v) is 6.93. The molecule has 0 aliphatic rings. The summed E-state index contributed by atoms with van der Waals surface area (Å²) in [7, 11) is 1.66. The fourth-order valence-electron chi connectivity index (χ4n) is 1.99. The lowest BCUT2D eigenvalue weighted by atomic mass is 10.0. The minimum Gasteiger partial charge on any atom is -0.497 e. The van der Waals surface area contributed by atoms with Gasteiger partial charge in [-0.15, -0.1) is 11.3 Å². The number of thiophene rings is 1. The predicted octanol–water partition coefficient (Wildman–Crippen LogP) is 3.73. The number of rotatable bonds is 5. The van der Waals surface area contributed by atoms with E-state index in [2.05, 4.69) is 6.92 Å². The van der Waals surface area contributed by atoms with Crippen LogP contribution in [0.4, 0.5) is 0 Å². The Morgan fingerprint density at radius 3 is 2.50 bits per heavy atom. The smallest absolute Gasteiger partial charge is 0.118 e. The van der Waals surface area contributed by atoms with Gasteiger partial charge in [0.05, 0.1) is 13.2 Å². The highest BCUT2D eigenvalue weighted by Crippen LogP contribution is 2.26. The largest absolute Gasteiger partial charge is 0.497 e. The summed E-state index contributed by atoms with van der Waals surface area (Å²) in [6, 6.07) is 10.0. The Balaban J connectivity index is 1.93. The summed E-state index contributed by atoms with van der Waals surface area (Å²) < 4.78 is 5.12. The normalized spacial score (nSPS) is 12.4. The number of ether oxygens (including phenoxy) is 1. The quantitative estimate of drug-likeness (QED) is 0.889. The monoisotopic (exact) mass is 262 g/mol. The molecule has 2 nitrogen and oxygen atoms in total. The molecule has 0 amide bonds. The van der Waals surface area contributed by atoms with E-state index in [-0.39, 0.29) is 6.10 Å². The SMILES string of the molecule is COc1ccc(CCC(O)c2ccsc2C)cc1. The minimum atomic E-state index is -0.363. The fourth-order valence-corrected chi connectivity index (χ4v) is 2.75. The number of aliphatic hydroxyl groups excluding tert-OH is 1. The van der Waals surface area contributed by atoms with Gasteiger partial charge >= 0.3 is 0 Å². The van der Waals surface area contributed by atoms with Crippen LogP contribution < -0.4 is 4.74 Å². The molecule has 0 aliphatic carbocycles. The van der Waals surface area contributed by atoms with Crippen LogP contribution in [0.15, 0.2) is 35.7 Å². The van der Waals surface area contributed by atoms with Gasteiger partial charge in [0.2, 0.25) is 0 Å². The highest BCUT2D eigenvalue weighted by molar-refractivity contribution is 7.10. The van der Waals surface area contributed by atoms with Crippen molar-refractivity contribution in [3.05, 3.63) is 51.7 Å². The second kappa shape index (κ2) is 6.03. The Kier molecular flexibility index (Phi) is 4.39. The zero-order valence-corrected chi connectivity index (χ0v) is 11.5. The first-order chi connectivity index (χ1) is 8.70. The zero-order chi connectivity index (χ0) is 13.0. The molecule has 1 atom stereocenters. The van der Waals surface area contributed by atoms with E-state index in [9.17, 15) is 5.11 Å². The van der Waals surface area contributed by atoms with E-state index in [1.807, 2.05) is 35.7 Å². The van der Waals surface area contributed by atoms with Crippen molar-refractivity contribution in [1.82, 2.24) is 0 Å². The number of hydrogen-bond acceptors (Lipinski definition) is 3. The topological polar surface area (TPSA) is 29.5 Å². The standard InChI is InChI=1S/C15H18O2S/c1-11-14(9-10-18-11)15(16)8-5-12-3-6-13(17-2)7-4-12/h3-4,6-7,9-10,15-16H,5,8H2,1-2H3. The maximum Gasteiger partial charge on any atom is 0.118 e. The maximum absolute atomic E-state index is 10.1. The molecule has 1 heterocycles. The predicted molar refractivity (Wildman–Crippen MR) is 75.3 cm³/mol. The van der Waals surface area contributed by atoms with E-state index in [0.29, 0.717) is 0 Å². The summed E-state index contributed by atoms with van der Waals surface area (Å²) in [5.74, 6) is 0.868. The van der Waals surface area contributed by atoms with Crippen LogP contribution >= 0.6 is 11.3 Å². The number of benzene rings is 1. The average Bonchev–Trinajstić information content (AvgIpc) is 2.83. The van der Waals surface area contributed by atoms with Gasteiger partial charge in [-0.25, -0.2) is 0 Å². The first kappa shape index (κ1) is 13.1. The summed E-state index contributed by atoms with van der Waals surface area (Å²) in [4.78, 5) is 1.21. The average molecular weight is 262 g/mol. The second-order valence-corrected chi connectivity index (χ2v) is 5.45. The van der Waals surface area contributed by atoms with Crippen molar-refractivity contribution >= 4 is 11.3 Å². The van der Waals surface area contributed by atoms with Crippen LogP contribution in [0.1, 0.15) is 28.5 Å². The number of methoxy groups -OCH3 is 1. The van der Waals surface area contributed by atoms with Crippen molar-refractivity contribution in [1.29, 1.82) is 0 Å². The van der Waals surface area contributed by atoms with Crippen LogP contribution in [0.5, 0.6) is 5.75 Å². The number of aliphatic hydroxyl groups is 1. The Morgan fingerprint density at radius 1 is 1.22 bits per heavy atom. The number of aryl methyl sites for hydroxylation is 2. The number of hydrogen-bond donors (Lipinski definition) is 1. The fraction of sp³-hybridized carbons (Fsp3) is 0.333. The van der Waals surface area contributed by atoms with Gasteiger partial charge in [0, 0.05) is 4.88 Å². The van der Waals surface area contributed by atoms with E-state index < -0.39 is 0 Å². The molecular weight excluding hydrogens is 244 g/mol. The van der Waals surface area contributed by atoms with Gasteiger partial charge in [-0.3, -0.25) is 0 Å². The van der Waals surface area contributed by atoms with Gasteiger partial charge < -0.3 is 9.84 Å². The third-order valence-electron chi connectivity index (χ3n) is 3.12. The van der Waals surface area contributed by atoms with Gasteiger partial charge in [0.1, 0.15) is 5.75 Å². The van der Waals surface area contributed by atoms with Crippen molar-refractivity contribution in [2.45, 2.75) is 25.9 Å². The molecule has 0 fully saturated rings. The molecule has 1 unspecified atom stereocenters. The Morgan fingerprint density at radius 2 is 1.94 bits per heavy atom. The lowest BCUT2D eigenvalue weighted by molar-refractivity contribution is 0.167. The molecule has 2 aromatic rings. The van der Waals surface area contributed by atoms with Gasteiger partial charge in [-0.2, -0.15) is 0 Å². The van der Waals surface area contributed by atoms with Crippen LogP contribution in [-0.2, 0) is 6.42 Å². The molecule has 0 saturated heterocycles. The van der Waals surface area contributed by atoms with Crippen LogP contribution in [-0.4, -0.2) is 12.2 Å². The Hall–Kier alpha value is -1.32. The third-order valence-corrected chi connectivity index (χ3v) is 3.98. The van der Waals surface area contributed by atoms with Crippen molar-refractivity contribution < 1.29 is 9.84 Å². The van der Waals surface area contributed by atoms with Crippen molar-refractivity contribution in [2.75, 3.05) is 7.11 Å². The summed E-state index contributed by atoms with van der Waals surface area (Å²) in [6.45, 7) is 2.05. The Labute approximate surface area is 112 Å². The van der Waals surface area contributed by atoms with E-state index in [4.69, 9.17) is 4.74 Å². The van der Waals surface area contributed by atoms with E-state index in [0.717, 1.165) is 24.2 Å². The van der Waals surface area contributed by atoms with Gasteiger partial charge in [-0.1, -0.05) is 12.1 Å². The molecule has 0 saturated carbocycles. The molecule has 0 bridgehead atoms. The molecule has 2 rings (SSSR count). The molecule has 18 heavy (non-hydrogen) atoms. The lowest BCUT2D eigenvalue weighted by Gasteiger charge is -2.10. The summed E-state index contributed by atoms with van der Waals surface area (Å²) in [5, 5.41) is 12.2. The van der Waals surface area contributed by atoms with Gasteiger partial charge in [0.25, 0.3) is 0 Å². The highest BCUT2D eigenvalue weighted by Gasteiger charge is 2.11. The van der Waals surface area contributed by atoms with E-state index >= 15 is 0 Å². The van der Waals surface area contributed by atoms with Gasteiger partial charge in [-0.05, 0) is 54.5 Å². The van der Waals surface area contributed by atoms with Crippen LogP contribution in [0.2, 0.25) is 0 Å². The second-order valence-electron chi connectivity index (χ2n) is 4.33. The van der Waals surface area contributed by atoms with Crippen molar-refractivity contribution in [3.8, 4) is 5.75 Å². The summed E-state index contributed by atoms with van der Waals surface area (Å²) in [6.07, 6.45) is 1.27. The van der Waals surface area contributed by atoms with Crippen molar-refractivity contribution in [2.24, 2.45) is 0 Å². The molecule has 96 valence electrons. The van der Waals surface area contributed by atoms with Gasteiger partial charge in [0.15, 0.2) is 0 Å². The molecule has 1 aromatic heterocycles. The van der Waals surface area contributed by atoms with Crippen LogP contribution in [0.3, 0.4) is 0 Å². The highest BCUT2D eigenvalue weighted by atomic mass is 32.1. The molecule has 1 N–H and O–H groups in total. The third kappa shape index (κ3) is 3.12. The van der Waals surface area contributed by atoms with Crippen LogP contribution in [0, 0.1) is 6.92 Å². The first-order valence-electron chi connectivity index (χ1n) is 6.05. The van der Waals surface area contributed by atoms with Crippen molar-refractivity contribution in [3.63, 3.8) is 0 Å².